The van der Waals surface area contributed by atoms with Gasteiger partial charge in [-0.3, -0.25) is 9.89 Å². The van der Waals surface area contributed by atoms with Gasteiger partial charge in [0.15, 0.2) is 6.61 Å². The van der Waals surface area contributed by atoms with Gasteiger partial charge in [0.05, 0.1) is 6.20 Å². The van der Waals surface area contributed by atoms with Gasteiger partial charge in [-0.2, -0.15) is 5.10 Å². The first-order chi connectivity index (χ1) is 9.15. The quantitative estimate of drug-likeness (QED) is 0.699. The van der Waals surface area contributed by atoms with E-state index in [2.05, 4.69) is 15.5 Å². The summed E-state index contributed by atoms with van der Waals surface area (Å²) in [4.78, 5) is 11.6. The van der Waals surface area contributed by atoms with Crippen molar-refractivity contribution in [1.82, 2.24) is 15.5 Å². The minimum Gasteiger partial charge on any atom is -0.484 e. The second kappa shape index (κ2) is 5.90. The fourth-order valence-electron chi connectivity index (χ4n) is 1.51. The van der Waals surface area contributed by atoms with Crippen LogP contribution in [0.4, 0.5) is 5.69 Å². The number of ether oxygens (including phenoxy) is 1. The monoisotopic (exact) mass is 260 g/mol. The molecule has 4 N–H and O–H groups in total. The second-order valence-electron chi connectivity index (χ2n) is 4.15. The third kappa shape index (κ3) is 3.74. The van der Waals surface area contributed by atoms with Crippen LogP contribution in [0.5, 0.6) is 5.75 Å². The standard InChI is InChI=1S/C13H16N4O2/c1-9-10(7-16-17-9)6-15-13(18)8-19-12-4-2-11(14)3-5-12/h2-5,7H,6,8,14H2,1H3,(H,15,18)(H,16,17). The first kappa shape index (κ1) is 12.9. The van der Waals surface area contributed by atoms with Gasteiger partial charge < -0.3 is 15.8 Å². The number of aromatic amines is 1. The highest BCUT2D eigenvalue weighted by Gasteiger charge is 2.05. The van der Waals surface area contributed by atoms with Gasteiger partial charge in [-0.25, -0.2) is 0 Å². The van der Waals surface area contributed by atoms with Gasteiger partial charge in [-0.15, -0.1) is 0 Å². The van der Waals surface area contributed by atoms with Crippen molar-refractivity contribution in [3.8, 4) is 5.75 Å². The lowest BCUT2D eigenvalue weighted by molar-refractivity contribution is -0.123. The number of carbonyl (C=O) groups excluding carboxylic acids is 1. The smallest absolute Gasteiger partial charge is 0.258 e. The van der Waals surface area contributed by atoms with E-state index >= 15 is 0 Å². The molecule has 2 aromatic rings. The first-order valence-electron chi connectivity index (χ1n) is 5.89. The molecule has 6 nitrogen and oxygen atoms in total. The summed E-state index contributed by atoms with van der Waals surface area (Å²) in [5.74, 6) is 0.432. The number of anilines is 1. The van der Waals surface area contributed by atoms with Crippen LogP contribution >= 0.6 is 0 Å². The van der Waals surface area contributed by atoms with Crippen molar-refractivity contribution in [3.63, 3.8) is 0 Å². The van der Waals surface area contributed by atoms with Gasteiger partial charge in [-0.1, -0.05) is 0 Å². The Morgan fingerprint density at radius 1 is 1.42 bits per heavy atom. The Kier molecular flexibility index (Phi) is 4.02. The van der Waals surface area contributed by atoms with E-state index in [0.717, 1.165) is 11.3 Å². The summed E-state index contributed by atoms with van der Waals surface area (Å²) in [5.41, 5.74) is 8.12. The molecule has 0 saturated carbocycles. The van der Waals surface area contributed by atoms with Gasteiger partial charge in [-0.05, 0) is 31.2 Å². The van der Waals surface area contributed by atoms with E-state index in [0.29, 0.717) is 18.0 Å². The maximum atomic E-state index is 11.6. The number of aromatic nitrogens is 2. The highest BCUT2D eigenvalue weighted by Crippen LogP contribution is 2.12. The molecule has 100 valence electrons. The van der Waals surface area contributed by atoms with Crippen molar-refractivity contribution in [3.05, 3.63) is 41.7 Å². The average Bonchev–Trinajstić information content (AvgIpc) is 2.81. The Hall–Kier alpha value is -2.50. The molecular weight excluding hydrogens is 244 g/mol. The van der Waals surface area contributed by atoms with E-state index in [1.54, 1.807) is 30.5 Å². The Bertz CT molecular complexity index is 548. The van der Waals surface area contributed by atoms with Crippen LogP contribution in [-0.2, 0) is 11.3 Å². The average molecular weight is 260 g/mol. The Labute approximate surface area is 111 Å². The number of aryl methyl sites for hydroxylation is 1. The molecule has 0 fully saturated rings. The Balaban J connectivity index is 1.76. The van der Waals surface area contributed by atoms with Crippen LogP contribution < -0.4 is 15.8 Å². The third-order valence-corrected chi connectivity index (χ3v) is 2.66. The molecule has 0 spiro atoms. The molecule has 2 rings (SSSR count). The van der Waals surface area contributed by atoms with E-state index < -0.39 is 0 Å². The zero-order chi connectivity index (χ0) is 13.7. The molecule has 0 aliphatic carbocycles. The largest absolute Gasteiger partial charge is 0.484 e. The lowest BCUT2D eigenvalue weighted by Crippen LogP contribution is -2.28. The number of hydrogen-bond acceptors (Lipinski definition) is 4. The van der Waals surface area contributed by atoms with Crippen molar-refractivity contribution < 1.29 is 9.53 Å². The topological polar surface area (TPSA) is 93.0 Å². The number of H-pyrrole nitrogens is 1. The number of amides is 1. The maximum Gasteiger partial charge on any atom is 0.258 e. The van der Waals surface area contributed by atoms with Crippen molar-refractivity contribution >= 4 is 11.6 Å². The summed E-state index contributed by atoms with van der Waals surface area (Å²) in [7, 11) is 0. The van der Waals surface area contributed by atoms with E-state index in [1.807, 2.05) is 6.92 Å². The van der Waals surface area contributed by atoms with Crippen LogP contribution in [0.3, 0.4) is 0 Å². The van der Waals surface area contributed by atoms with Crippen LogP contribution in [0.2, 0.25) is 0 Å². The normalized spacial score (nSPS) is 10.2. The minimum atomic E-state index is -0.183. The zero-order valence-corrected chi connectivity index (χ0v) is 10.6. The molecular formula is C13H16N4O2. The molecule has 0 aliphatic heterocycles. The van der Waals surface area contributed by atoms with Crippen LogP contribution in [-0.4, -0.2) is 22.7 Å². The highest BCUT2D eigenvalue weighted by atomic mass is 16.5. The predicted octanol–water partition coefficient (Wildman–Crippen LogP) is 0.996. The van der Waals surface area contributed by atoms with Crippen molar-refractivity contribution in [2.75, 3.05) is 12.3 Å². The van der Waals surface area contributed by atoms with Gasteiger partial charge >= 0.3 is 0 Å². The lowest BCUT2D eigenvalue weighted by atomic mass is 10.2. The summed E-state index contributed by atoms with van der Waals surface area (Å²) in [5, 5.41) is 9.45. The number of nitrogens with two attached hydrogens (primary N) is 1. The molecule has 6 heteroatoms. The van der Waals surface area contributed by atoms with E-state index in [-0.39, 0.29) is 12.5 Å². The summed E-state index contributed by atoms with van der Waals surface area (Å²) >= 11 is 0. The number of carbonyl (C=O) groups is 1. The summed E-state index contributed by atoms with van der Waals surface area (Å²) in [6, 6.07) is 6.90. The summed E-state index contributed by atoms with van der Waals surface area (Å²) in [6.45, 7) is 2.31. The van der Waals surface area contributed by atoms with Gasteiger partial charge in [0.25, 0.3) is 5.91 Å². The molecule has 1 aromatic heterocycles. The second-order valence-corrected chi connectivity index (χ2v) is 4.15. The van der Waals surface area contributed by atoms with Gasteiger partial charge in [0.2, 0.25) is 0 Å². The van der Waals surface area contributed by atoms with E-state index in [1.165, 1.54) is 0 Å². The highest BCUT2D eigenvalue weighted by molar-refractivity contribution is 5.77. The number of nitrogens with zero attached hydrogens (tertiary/aromatic N) is 1. The molecule has 0 saturated heterocycles. The van der Waals surface area contributed by atoms with Crippen LogP contribution in [0.1, 0.15) is 11.3 Å². The molecule has 1 heterocycles. The molecule has 0 bridgehead atoms. The third-order valence-electron chi connectivity index (χ3n) is 2.66. The zero-order valence-electron chi connectivity index (χ0n) is 10.6. The summed E-state index contributed by atoms with van der Waals surface area (Å²) < 4.78 is 5.33. The van der Waals surface area contributed by atoms with Crippen LogP contribution in [0.15, 0.2) is 30.5 Å². The van der Waals surface area contributed by atoms with Crippen molar-refractivity contribution in [2.45, 2.75) is 13.5 Å². The number of benzene rings is 1. The van der Waals surface area contributed by atoms with Crippen LogP contribution in [0, 0.1) is 6.92 Å². The fourth-order valence-corrected chi connectivity index (χ4v) is 1.51. The van der Waals surface area contributed by atoms with Gasteiger partial charge in [0, 0.05) is 23.5 Å². The minimum absolute atomic E-state index is 0.0270. The predicted molar refractivity (Wildman–Crippen MR) is 71.5 cm³/mol. The molecule has 0 radical (unpaired) electrons. The van der Waals surface area contributed by atoms with Crippen molar-refractivity contribution in [1.29, 1.82) is 0 Å². The Morgan fingerprint density at radius 2 is 2.16 bits per heavy atom. The maximum absolute atomic E-state index is 11.6. The molecule has 1 aromatic carbocycles. The van der Waals surface area contributed by atoms with Crippen molar-refractivity contribution in [2.24, 2.45) is 0 Å². The molecule has 1 amide bonds. The fraction of sp³-hybridized carbons (Fsp3) is 0.231. The Morgan fingerprint density at radius 3 is 2.79 bits per heavy atom. The SMILES string of the molecule is Cc1[nH]ncc1CNC(=O)COc1ccc(N)cc1. The molecule has 19 heavy (non-hydrogen) atoms. The lowest BCUT2D eigenvalue weighted by Gasteiger charge is -2.07. The van der Waals surface area contributed by atoms with E-state index in [4.69, 9.17) is 10.5 Å². The molecule has 0 aliphatic rings. The number of rotatable bonds is 5. The molecule has 0 unspecified atom stereocenters. The molecule has 0 atom stereocenters. The first-order valence-corrected chi connectivity index (χ1v) is 5.89. The number of hydrogen-bond donors (Lipinski definition) is 3. The number of nitrogen functional groups attached to an aromatic ring is 1. The summed E-state index contributed by atoms with van der Waals surface area (Å²) in [6.07, 6.45) is 1.69. The number of nitrogens with one attached hydrogen (secondary N) is 2. The van der Waals surface area contributed by atoms with Gasteiger partial charge in [0.1, 0.15) is 5.75 Å². The van der Waals surface area contributed by atoms with E-state index in [9.17, 15) is 4.79 Å². The van der Waals surface area contributed by atoms with Crippen LogP contribution in [0.25, 0.3) is 0 Å².